The fourth-order valence-corrected chi connectivity index (χ4v) is 7.00. The third kappa shape index (κ3) is 4.56. The zero-order chi connectivity index (χ0) is 25.4. The fraction of sp³-hybridized carbons (Fsp3) is 0.259. The molecule has 4 heterocycles. The minimum Gasteiger partial charge on any atom is -0.355 e. The molecule has 3 aromatic heterocycles. The third-order valence-corrected chi connectivity index (χ3v) is 8.72. The summed E-state index contributed by atoms with van der Waals surface area (Å²) in [7, 11) is 2.10. The molecule has 1 aliphatic rings. The molecule has 10 heteroatoms. The number of rotatable bonds is 7. The highest BCUT2D eigenvalue weighted by Crippen LogP contribution is 2.35. The zero-order valence-electron chi connectivity index (χ0n) is 20.4. The molecule has 8 nitrogen and oxygen atoms in total. The highest BCUT2D eigenvalue weighted by atomic mass is 32.2. The van der Waals surface area contributed by atoms with E-state index in [-0.39, 0.29) is 17.2 Å². The lowest BCUT2D eigenvalue weighted by Gasteiger charge is -2.21. The van der Waals surface area contributed by atoms with E-state index in [1.807, 2.05) is 52.9 Å². The Morgan fingerprint density at radius 1 is 1.08 bits per heavy atom. The van der Waals surface area contributed by atoms with Crippen molar-refractivity contribution in [1.82, 2.24) is 29.4 Å². The predicted molar refractivity (Wildman–Crippen MR) is 148 cm³/mol. The van der Waals surface area contributed by atoms with E-state index < -0.39 is 0 Å². The molecule has 0 saturated heterocycles. The fourth-order valence-electron chi connectivity index (χ4n) is 4.76. The molecular formula is C27H26N6O2S2. The number of nitrogens with one attached hydrogen (secondary N) is 1. The van der Waals surface area contributed by atoms with E-state index in [9.17, 15) is 9.59 Å². The summed E-state index contributed by atoms with van der Waals surface area (Å²) in [5.74, 6) is 0.620. The Morgan fingerprint density at radius 3 is 2.62 bits per heavy atom. The van der Waals surface area contributed by atoms with E-state index in [0.29, 0.717) is 17.5 Å². The maximum Gasteiger partial charge on any atom is 0.268 e. The minimum atomic E-state index is -0.0710. The van der Waals surface area contributed by atoms with Gasteiger partial charge in [-0.3, -0.25) is 9.59 Å². The van der Waals surface area contributed by atoms with E-state index in [1.54, 1.807) is 15.9 Å². The van der Waals surface area contributed by atoms with E-state index in [4.69, 9.17) is 0 Å². The van der Waals surface area contributed by atoms with Gasteiger partial charge in [-0.1, -0.05) is 60.3 Å². The van der Waals surface area contributed by atoms with E-state index in [0.717, 1.165) is 47.4 Å². The Kier molecular flexibility index (Phi) is 6.54. The number of carbonyl (C=O) groups is 1. The highest BCUT2D eigenvalue weighted by Gasteiger charge is 2.26. The topological polar surface area (TPSA) is 84.5 Å². The Hall–Kier alpha value is -3.47. The van der Waals surface area contributed by atoms with E-state index in [2.05, 4.69) is 39.6 Å². The van der Waals surface area contributed by atoms with Gasteiger partial charge in [0.05, 0.1) is 16.8 Å². The number of carbonyl (C=O) groups excluding carboxylic acids is 1. The summed E-state index contributed by atoms with van der Waals surface area (Å²) in [5.41, 5.74) is 2.98. The Bertz CT molecular complexity index is 1640. The number of likely N-dealkylation sites (N-methyl/N-ethyl adjacent to an activating group) is 1. The van der Waals surface area contributed by atoms with Gasteiger partial charge < -0.3 is 10.2 Å². The molecule has 5 aromatic rings. The number of nitrogens with zero attached hydrogens (tertiary/aromatic N) is 5. The van der Waals surface area contributed by atoms with Crippen molar-refractivity contribution in [3.05, 3.63) is 87.0 Å². The number of hydrogen-bond donors (Lipinski definition) is 1. The van der Waals surface area contributed by atoms with Crippen LogP contribution in [0.15, 0.2) is 70.6 Å². The maximum atomic E-state index is 13.9. The number of para-hydroxylation sites is 1. The highest BCUT2D eigenvalue weighted by molar-refractivity contribution is 7.99. The van der Waals surface area contributed by atoms with E-state index in [1.165, 1.54) is 22.2 Å². The maximum absolute atomic E-state index is 13.9. The zero-order valence-corrected chi connectivity index (χ0v) is 22.0. The van der Waals surface area contributed by atoms with Crippen LogP contribution in [0.4, 0.5) is 0 Å². The number of aromatic nitrogens is 4. The van der Waals surface area contributed by atoms with Gasteiger partial charge >= 0.3 is 0 Å². The molecule has 1 aliphatic heterocycles. The summed E-state index contributed by atoms with van der Waals surface area (Å²) < 4.78 is 3.60. The normalized spacial score (nSPS) is 13.8. The minimum absolute atomic E-state index is 0.0580. The van der Waals surface area contributed by atoms with Crippen LogP contribution in [0.25, 0.3) is 21.7 Å². The summed E-state index contributed by atoms with van der Waals surface area (Å²) >= 11 is 2.97. The van der Waals surface area contributed by atoms with Gasteiger partial charge in [-0.15, -0.1) is 21.5 Å². The molecule has 0 unspecified atom stereocenters. The Labute approximate surface area is 221 Å². The summed E-state index contributed by atoms with van der Waals surface area (Å²) in [6, 6.07) is 19.6. The second-order valence-corrected chi connectivity index (χ2v) is 11.2. The van der Waals surface area contributed by atoms with Crippen LogP contribution < -0.4 is 10.9 Å². The number of hydrogen-bond acceptors (Lipinski definition) is 7. The second kappa shape index (κ2) is 10.1. The lowest BCUT2D eigenvalue weighted by atomic mass is 10.1. The van der Waals surface area contributed by atoms with Crippen molar-refractivity contribution < 1.29 is 4.79 Å². The number of benzene rings is 2. The molecule has 0 radical (unpaired) electrons. The summed E-state index contributed by atoms with van der Waals surface area (Å²) in [4.78, 5) is 30.8. The average Bonchev–Trinajstić information content (AvgIpc) is 3.50. The molecule has 0 fully saturated rings. The van der Waals surface area contributed by atoms with Crippen LogP contribution in [0.1, 0.15) is 16.0 Å². The van der Waals surface area contributed by atoms with Crippen LogP contribution in [-0.4, -0.2) is 55.9 Å². The van der Waals surface area contributed by atoms with Crippen molar-refractivity contribution in [2.24, 2.45) is 0 Å². The van der Waals surface area contributed by atoms with Gasteiger partial charge in [0.1, 0.15) is 4.83 Å². The second-order valence-electron chi connectivity index (χ2n) is 9.14. The summed E-state index contributed by atoms with van der Waals surface area (Å²) in [6.07, 6.45) is 1.61. The molecule has 0 aliphatic carbocycles. The van der Waals surface area contributed by atoms with Crippen LogP contribution in [0.5, 0.6) is 0 Å². The molecular weight excluding hydrogens is 504 g/mol. The first-order chi connectivity index (χ1) is 18.1. The Morgan fingerprint density at radius 2 is 1.84 bits per heavy atom. The lowest BCUT2D eigenvalue weighted by molar-refractivity contribution is -0.118. The van der Waals surface area contributed by atoms with Gasteiger partial charge in [0.15, 0.2) is 5.16 Å². The summed E-state index contributed by atoms with van der Waals surface area (Å²) in [6.45, 7) is 2.30. The predicted octanol–water partition coefficient (Wildman–Crippen LogP) is 3.53. The molecule has 0 atom stereocenters. The van der Waals surface area contributed by atoms with Gasteiger partial charge in [0.2, 0.25) is 11.7 Å². The van der Waals surface area contributed by atoms with Crippen molar-refractivity contribution in [2.75, 3.05) is 25.9 Å². The number of thioether (sulfide) groups is 1. The van der Waals surface area contributed by atoms with Crippen molar-refractivity contribution >= 4 is 45.0 Å². The van der Waals surface area contributed by atoms with Gasteiger partial charge in [0.25, 0.3) is 5.56 Å². The van der Waals surface area contributed by atoms with Crippen LogP contribution in [0.3, 0.4) is 0 Å². The largest absolute Gasteiger partial charge is 0.355 e. The first kappa shape index (κ1) is 23.9. The monoisotopic (exact) mass is 530 g/mol. The quantitative estimate of drug-likeness (QED) is 0.324. The third-order valence-electron chi connectivity index (χ3n) is 6.59. The molecule has 6 rings (SSSR count). The number of thiophene rings is 1. The molecule has 0 saturated carbocycles. The molecule has 1 N–H and O–H groups in total. The first-order valence-corrected chi connectivity index (χ1v) is 14.0. The molecule has 1 amide bonds. The van der Waals surface area contributed by atoms with Gasteiger partial charge in [0, 0.05) is 24.5 Å². The van der Waals surface area contributed by atoms with Crippen LogP contribution in [0.2, 0.25) is 0 Å². The van der Waals surface area contributed by atoms with Crippen LogP contribution in [-0.2, 0) is 24.2 Å². The van der Waals surface area contributed by atoms with Crippen LogP contribution >= 0.6 is 23.1 Å². The first-order valence-electron chi connectivity index (χ1n) is 12.2. The van der Waals surface area contributed by atoms with Crippen molar-refractivity contribution in [1.29, 1.82) is 0 Å². The molecule has 188 valence electrons. The molecule has 0 bridgehead atoms. The smallest absolute Gasteiger partial charge is 0.268 e. The lowest BCUT2D eigenvalue weighted by Crippen LogP contribution is -2.27. The SMILES string of the molecule is CN1CCc2c(sc3c2c(=O)n(-c2ccccc2)c2nnc(SCC(=O)NCCc4ccccc4)n32)C1. The van der Waals surface area contributed by atoms with Gasteiger partial charge in [-0.25, -0.2) is 8.97 Å². The molecule has 2 aromatic carbocycles. The van der Waals surface area contributed by atoms with Crippen molar-refractivity contribution in [2.45, 2.75) is 24.5 Å². The van der Waals surface area contributed by atoms with Gasteiger partial charge in [-0.2, -0.15) is 0 Å². The van der Waals surface area contributed by atoms with Crippen molar-refractivity contribution in [3.8, 4) is 5.69 Å². The average molecular weight is 531 g/mol. The van der Waals surface area contributed by atoms with E-state index >= 15 is 0 Å². The van der Waals surface area contributed by atoms with Crippen molar-refractivity contribution in [3.63, 3.8) is 0 Å². The Balaban J connectivity index is 1.35. The summed E-state index contributed by atoms with van der Waals surface area (Å²) in [5, 5.41) is 13.2. The molecule has 37 heavy (non-hydrogen) atoms. The number of amides is 1. The van der Waals surface area contributed by atoms with Gasteiger partial charge in [-0.05, 0) is 43.1 Å². The number of fused-ring (bicyclic) bond motifs is 5. The standard InChI is InChI=1S/C27H26N6O2S2/c1-31-15-13-20-21(16-31)37-25-23(20)24(35)32(19-10-6-3-7-11-19)26-29-30-27(33(25)26)36-17-22(34)28-14-12-18-8-4-2-5-9-18/h2-11H,12-17H2,1H3,(H,28,34). The molecule has 0 spiro atoms. The van der Waals surface area contributed by atoms with Crippen LogP contribution in [0, 0.1) is 0 Å².